The van der Waals surface area contributed by atoms with Crippen molar-refractivity contribution in [1.29, 1.82) is 0 Å². The molecule has 33 heavy (non-hydrogen) atoms. The van der Waals surface area contributed by atoms with Gasteiger partial charge < -0.3 is 15.5 Å². The van der Waals surface area contributed by atoms with Crippen molar-refractivity contribution >= 4 is 11.9 Å². The molecule has 2 aromatic carbocycles. The fourth-order valence-electron chi connectivity index (χ4n) is 4.60. The third-order valence-corrected chi connectivity index (χ3v) is 6.62. The van der Waals surface area contributed by atoms with Gasteiger partial charge in [-0.15, -0.1) is 0 Å². The van der Waals surface area contributed by atoms with Crippen LogP contribution in [0.5, 0.6) is 0 Å². The SMILES string of the molecule is CN=C(NCc1ccc(CN2CCCC2)cc1)NCc1ccc(C(=O)N2CCCCC2)cc1. The number of nitrogens with one attached hydrogen (secondary N) is 2. The van der Waals surface area contributed by atoms with E-state index in [2.05, 4.69) is 44.8 Å². The molecule has 0 atom stereocenters. The van der Waals surface area contributed by atoms with Crippen LogP contribution in [0.25, 0.3) is 0 Å². The zero-order valence-corrected chi connectivity index (χ0v) is 19.9. The number of guanidine groups is 1. The second-order valence-electron chi connectivity index (χ2n) is 9.13. The lowest BCUT2D eigenvalue weighted by atomic mass is 10.1. The molecular weight excluding hydrogens is 410 g/mol. The van der Waals surface area contributed by atoms with Gasteiger partial charge in [0.25, 0.3) is 5.91 Å². The summed E-state index contributed by atoms with van der Waals surface area (Å²) in [6, 6.07) is 16.8. The highest BCUT2D eigenvalue weighted by Gasteiger charge is 2.17. The molecule has 0 aliphatic carbocycles. The summed E-state index contributed by atoms with van der Waals surface area (Å²) >= 11 is 0. The van der Waals surface area contributed by atoms with E-state index in [1.807, 2.05) is 29.2 Å². The molecular formula is C27H37N5O. The van der Waals surface area contributed by atoms with Crippen LogP contribution in [0.1, 0.15) is 59.2 Å². The van der Waals surface area contributed by atoms with Crippen molar-refractivity contribution in [2.24, 2.45) is 4.99 Å². The quantitative estimate of drug-likeness (QED) is 0.501. The molecule has 0 aromatic heterocycles. The van der Waals surface area contributed by atoms with Crippen molar-refractivity contribution in [2.75, 3.05) is 33.2 Å². The summed E-state index contributed by atoms with van der Waals surface area (Å²) in [5.74, 6) is 0.919. The van der Waals surface area contributed by atoms with Gasteiger partial charge in [-0.3, -0.25) is 14.7 Å². The number of nitrogens with zero attached hydrogens (tertiary/aromatic N) is 3. The van der Waals surface area contributed by atoms with Gasteiger partial charge in [0.15, 0.2) is 5.96 Å². The molecule has 0 unspecified atom stereocenters. The molecule has 0 bridgehead atoms. The molecule has 6 nitrogen and oxygen atoms in total. The monoisotopic (exact) mass is 447 g/mol. The van der Waals surface area contributed by atoms with Crippen molar-refractivity contribution in [2.45, 2.75) is 51.7 Å². The molecule has 0 saturated carbocycles. The lowest BCUT2D eigenvalue weighted by Gasteiger charge is -2.26. The van der Waals surface area contributed by atoms with Crippen LogP contribution in [0.15, 0.2) is 53.5 Å². The summed E-state index contributed by atoms with van der Waals surface area (Å²) in [5, 5.41) is 6.75. The van der Waals surface area contributed by atoms with E-state index in [9.17, 15) is 4.79 Å². The largest absolute Gasteiger partial charge is 0.352 e. The van der Waals surface area contributed by atoms with Crippen molar-refractivity contribution in [3.05, 3.63) is 70.8 Å². The smallest absolute Gasteiger partial charge is 0.253 e. The molecule has 1 amide bonds. The number of carbonyl (C=O) groups excluding carboxylic acids is 1. The topological polar surface area (TPSA) is 60.0 Å². The first kappa shape index (κ1) is 23.3. The molecule has 2 saturated heterocycles. The van der Waals surface area contributed by atoms with Gasteiger partial charge in [-0.1, -0.05) is 36.4 Å². The maximum Gasteiger partial charge on any atom is 0.253 e. The standard InChI is InChI=1S/C27H37N5O/c1-28-27(29-19-22-7-9-24(10-8-22)21-31-15-5-6-16-31)30-20-23-11-13-25(14-12-23)26(33)32-17-3-2-4-18-32/h7-14H,2-6,15-21H2,1H3,(H2,28,29,30). The Hall–Kier alpha value is -2.86. The van der Waals surface area contributed by atoms with Crippen LogP contribution in [-0.2, 0) is 19.6 Å². The predicted molar refractivity (Wildman–Crippen MR) is 134 cm³/mol. The van der Waals surface area contributed by atoms with Gasteiger partial charge in [0.1, 0.15) is 0 Å². The molecule has 0 spiro atoms. The number of hydrogen-bond acceptors (Lipinski definition) is 3. The van der Waals surface area contributed by atoms with E-state index < -0.39 is 0 Å². The van der Waals surface area contributed by atoms with E-state index in [1.54, 1.807) is 7.05 Å². The molecule has 2 N–H and O–H groups in total. The Morgan fingerprint density at radius 1 is 0.758 bits per heavy atom. The van der Waals surface area contributed by atoms with Gasteiger partial charge in [0.05, 0.1) is 0 Å². The summed E-state index contributed by atoms with van der Waals surface area (Å²) in [6.07, 6.45) is 6.11. The van der Waals surface area contributed by atoms with Gasteiger partial charge in [-0.05, 0) is 74.0 Å². The number of benzene rings is 2. The summed E-state index contributed by atoms with van der Waals surface area (Å²) in [5.41, 5.74) is 4.52. The Kier molecular flexibility index (Phi) is 8.36. The molecule has 0 radical (unpaired) electrons. The van der Waals surface area contributed by atoms with Crippen LogP contribution in [0.2, 0.25) is 0 Å². The summed E-state index contributed by atoms with van der Waals surface area (Å²) in [6.45, 7) is 6.65. The van der Waals surface area contributed by atoms with E-state index in [4.69, 9.17) is 0 Å². The van der Waals surface area contributed by atoms with E-state index in [0.717, 1.165) is 56.1 Å². The second kappa shape index (κ2) is 11.8. The van der Waals surface area contributed by atoms with Crippen molar-refractivity contribution in [1.82, 2.24) is 20.4 Å². The third-order valence-electron chi connectivity index (χ3n) is 6.62. The van der Waals surface area contributed by atoms with Crippen LogP contribution in [-0.4, -0.2) is 54.9 Å². The minimum atomic E-state index is 0.151. The van der Waals surface area contributed by atoms with Gasteiger partial charge in [-0.2, -0.15) is 0 Å². The summed E-state index contributed by atoms with van der Waals surface area (Å²) in [4.78, 5) is 21.5. The van der Waals surface area contributed by atoms with Crippen molar-refractivity contribution in [3.8, 4) is 0 Å². The highest BCUT2D eigenvalue weighted by Crippen LogP contribution is 2.15. The number of rotatable bonds is 7. The van der Waals surface area contributed by atoms with Gasteiger partial charge in [0.2, 0.25) is 0 Å². The Labute approximate surface area is 198 Å². The van der Waals surface area contributed by atoms with Crippen molar-refractivity contribution < 1.29 is 4.79 Å². The maximum atomic E-state index is 12.6. The van der Waals surface area contributed by atoms with Crippen LogP contribution < -0.4 is 10.6 Å². The van der Waals surface area contributed by atoms with Crippen LogP contribution in [0.3, 0.4) is 0 Å². The maximum absolute atomic E-state index is 12.6. The molecule has 2 aliphatic heterocycles. The minimum Gasteiger partial charge on any atom is -0.352 e. The zero-order valence-electron chi connectivity index (χ0n) is 19.9. The Bertz CT molecular complexity index is 911. The molecule has 2 heterocycles. The second-order valence-corrected chi connectivity index (χ2v) is 9.13. The fourth-order valence-corrected chi connectivity index (χ4v) is 4.60. The van der Waals surface area contributed by atoms with Crippen molar-refractivity contribution in [3.63, 3.8) is 0 Å². The Balaban J connectivity index is 1.21. The van der Waals surface area contributed by atoms with Gasteiger partial charge >= 0.3 is 0 Å². The predicted octanol–water partition coefficient (Wildman–Crippen LogP) is 3.77. The molecule has 2 aromatic rings. The average molecular weight is 448 g/mol. The molecule has 2 fully saturated rings. The summed E-state index contributed by atoms with van der Waals surface area (Å²) < 4.78 is 0. The molecule has 176 valence electrons. The average Bonchev–Trinajstić information content (AvgIpc) is 3.38. The number of carbonyl (C=O) groups is 1. The Morgan fingerprint density at radius 3 is 1.85 bits per heavy atom. The number of amides is 1. The number of piperidine rings is 1. The van der Waals surface area contributed by atoms with E-state index >= 15 is 0 Å². The summed E-state index contributed by atoms with van der Waals surface area (Å²) in [7, 11) is 1.79. The molecule has 6 heteroatoms. The molecule has 2 aliphatic rings. The lowest BCUT2D eigenvalue weighted by Crippen LogP contribution is -2.36. The number of hydrogen-bond donors (Lipinski definition) is 2. The zero-order chi connectivity index (χ0) is 22.9. The third kappa shape index (κ3) is 6.81. The van der Waals surface area contributed by atoms with Crippen LogP contribution >= 0.6 is 0 Å². The van der Waals surface area contributed by atoms with Gasteiger partial charge in [0, 0.05) is 45.3 Å². The lowest BCUT2D eigenvalue weighted by molar-refractivity contribution is 0.0724. The minimum absolute atomic E-state index is 0.151. The number of likely N-dealkylation sites (tertiary alicyclic amines) is 2. The van der Waals surface area contributed by atoms with E-state index in [-0.39, 0.29) is 5.91 Å². The first-order valence-corrected chi connectivity index (χ1v) is 12.3. The van der Waals surface area contributed by atoms with E-state index in [0.29, 0.717) is 6.54 Å². The Morgan fingerprint density at radius 2 is 1.27 bits per heavy atom. The highest BCUT2D eigenvalue weighted by molar-refractivity contribution is 5.94. The first-order chi connectivity index (χ1) is 16.2. The normalized spacial score (nSPS) is 17.2. The number of aliphatic imine (C=N–C) groups is 1. The van der Waals surface area contributed by atoms with E-state index in [1.165, 1.54) is 43.5 Å². The fraction of sp³-hybridized carbons (Fsp3) is 0.481. The highest BCUT2D eigenvalue weighted by atomic mass is 16.2. The van der Waals surface area contributed by atoms with Crippen LogP contribution in [0, 0.1) is 0 Å². The van der Waals surface area contributed by atoms with Crippen LogP contribution in [0.4, 0.5) is 0 Å². The van der Waals surface area contributed by atoms with Gasteiger partial charge in [-0.25, -0.2) is 0 Å². The molecule has 4 rings (SSSR count). The first-order valence-electron chi connectivity index (χ1n) is 12.3.